The monoisotopic (exact) mass is 188 g/mol. The van der Waals surface area contributed by atoms with E-state index >= 15 is 0 Å². The van der Waals surface area contributed by atoms with E-state index in [1.165, 1.54) is 0 Å². The molecular weight excluding hydrogens is 168 g/mol. The molecular formula is C8H20N4O. The summed E-state index contributed by atoms with van der Waals surface area (Å²) in [4.78, 5) is 15.1. The third-order valence-corrected chi connectivity index (χ3v) is 2.08. The van der Waals surface area contributed by atoms with Crippen molar-refractivity contribution in [2.75, 3.05) is 34.2 Å². The Morgan fingerprint density at radius 1 is 1.38 bits per heavy atom. The summed E-state index contributed by atoms with van der Waals surface area (Å²) in [6, 6.07) is -0.176. The second-order valence-electron chi connectivity index (χ2n) is 3.47. The molecule has 0 saturated heterocycles. The van der Waals surface area contributed by atoms with Crippen LogP contribution in [0.15, 0.2) is 0 Å². The molecule has 13 heavy (non-hydrogen) atoms. The maximum atomic E-state index is 11.1. The van der Waals surface area contributed by atoms with E-state index in [4.69, 9.17) is 5.84 Å². The molecule has 0 bridgehead atoms. The summed E-state index contributed by atoms with van der Waals surface area (Å²) in [5.41, 5.74) is 2.14. The Kier molecular flexibility index (Phi) is 5.61. The number of nitrogens with two attached hydrogens (primary N) is 1. The van der Waals surface area contributed by atoms with Gasteiger partial charge in [-0.2, -0.15) is 0 Å². The molecule has 5 nitrogen and oxygen atoms in total. The van der Waals surface area contributed by atoms with Crippen LogP contribution in [0, 0.1) is 0 Å². The van der Waals surface area contributed by atoms with Gasteiger partial charge in [0.1, 0.15) is 0 Å². The Morgan fingerprint density at radius 2 is 1.92 bits per heavy atom. The van der Waals surface area contributed by atoms with E-state index in [0.717, 1.165) is 13.1 Å². The third-order valence-electron chi connectivity index (χ3n) is 2.08. The largest absolute Gasteiger partial charge is 0.308 e. The molecule has 0 aromatic carbocycles. The van der Waals surface area contributed by atoms with Crippen LogP contribution in [0.3, 0.4) is 0 Å². The van der Waals surface area contributed by atoms with Gasteiger partial charge in [-0.1, -0.05) is 0 Å². The first-order valence-corrected chi connectivity index (χ1v) is 4.34. The van der Waals surface area contributed by atoms with Crippen molar-refractivity contribution in [3.8, 4) is 0 Å². The SMILES string of the molecule is CC(C(=O)NN)N(C)CCN(C)C. The molecule has 1 amide bonds. The molecule has 0 spiro atoms. The van der Waals surface area contributed by atoms with Crippen LogP contribution in [-0.2, 0) is 4.79 Å². The summed E-state index contributed by atoms with van der Waals surface area (Å²) < 4.78 is 0. The van der Waals surface area contributed by atoms with Gasteiger partial charge in [0, 0.05) is 13.1 Å². The van der Waals surface area contributed by atoms with Crippen LogP contribution in [0.1, 0.15) is 6.92 Å². The van der Waals surface area contributed by atoms with Gasteiger partial charge in [0.25, 0.3) is 5.91 Å². The average molecular weight is 188 g/mol. The third kappa shape index (κ3) is 4.82. The number of likely N-dealkylation sites (N-methyl/N-ethyl adjacent to an activating group) is 2. The van der Waals surface area contributed by atoms with E-state index in [9.17, 15) is 4.79 Å². The minimum absolute atomic E-state index is 0.152. The first-order chi connectivity index (χ1) is 5.99. The quantitative estimate of drug-likeness (QED) is 0.325. The predicted molar refractivity (Wildman–Crippen MR) is 53.0 cm³/mol. The lowest BCUT2D eigenvalue weighted by Crippen LogP contribution is -2.47. The first-order valence-electron chi connectivity index (χ1n) is 4.34. The van der Waals surface area contributed by atoms with Gasteiger partial charge in [-0.05, 0) is 28.1 Å². The van der Waals surface area contributed by atoms with Crippen LogP contribution < -0.4 is 11.3 Å². The van der Waals surface area contributed by atoms with Crippen LogP contribution in [-0.4, -0.2) is 56.0 Å². The number of amides is 1. The van der Waals surface area contributed by atoms with Crippen molar-refractivity contribution in [1.82, 2.24) is 15.2 Å². The van der Waals surface area contributed by atoms with Crippen LogP contribution in [0.4, 0.5) is 0 Å². The molecule has 1 atom stereocenters. The zero-order valence-electron chi connectivity index (χ0n) is 8.87. The Bertz CT molecular complexity index is 160. The van der Waals surface area contributed by atoms with E-state index in [1.807, 2.05) is 33.0 Å². The van der Waals surface area contributed by atoms with Gasteiger partial charge in [0.2, 0.25) is 0 Å². The molecule has 0 aromatic rings. The van der Waals surface area contributed by atoms with Crippen molar-refractivity contribution in [2.45, 2.75) is 13.0 Å². The first kappa shape index (κ1) is 12.3. The Hall–Kier alpha value is -0.650. The van der Waals surface area contributed by atoms with Gasteiger partial charge >= 0.3 is 0 Å². The minimum Gasteiger partial charge on any atom is -0.308 e. The molecule has 78 valence electrons. The van der Waals surface area contributed by atoms with E-state index in [1.54, 1.807) is 0 Å². The molecule has 0 aliphatic carbocycles. The van der Waals surface area contributed by atoms with E-state index in [2.05, 4.69) is 10.3 Å². The highest BCUT2D eigenvalue weighted by Crippen LogP contribution is 1.94. The van der Waals surface area contributed by atoms with Crippen LogP contribution in [0.5, 0.6) is 0 Å². The highest BCUT2D eigenvalue weighted by molar-refractivity contribution is 5.80. The molecule has 0 aliphatic heterocycles. The average Bonchev–Trinajstić information content (AvgIpc) is 2.11. The highest BCUT2D eigenvalue weighted by Gasteiger charge is 2.16. The smallest absolute Gasteiger partial charge is 0.250 e. The Morgan fingerprint density at radius 3 is 2.31 bits per heavy atom. The zero-order chi connectivity index (χ0) is 10.4. The van der Waals surface area contributed by atoms with Crippen LogP contribution in [0.25, 0.3) is 0 Å². The number of nitrogens with one attached hydrogen (secondary N) is 1. The summed E-state index contributed by atoms with van der Waals surface area (Å²) in [5.74, 6) is 4.88. The molecule has 0 aromatic heterocycles. The second kappa shape index (κ2) is 5.90. The van der Waals surface area contributed by atoms with Gasteiger partial charge < -0.3 is 4.90 Å². The highest BCUT2D eigenvalue weighted by atomic mass is 16.2. The molecule has 1 unspecified atom stereocenters. The number of carbonyl (C=O) groups is 1. The van der Waals surface area contributed by atoms with Crippen molar-refractivity contribution >= 4 is 5.91 Å². The fourth-order valence-electron chi connectivity index (χ4n) is 0.872. The van der Waals surface area contributed by atoms with Crippen molar-refractivity contribution in [3.05, 3.63) is 0 Å². The molecule has 0 heterocycles. The van der Waals surface area contributed by atoms with Gasteiger partial charge in [0.05, 0.1) is 6.04 Å². The molecule has 0 radical (unpaired) electrons. The van der Waals surface area contributed by atoms with Crippen molar-refractivity contribution in [3.63, 3.8) is 0 Å². The molecule has 3 N–H and O–H groups in total. The molecule has 0 saturated carbocycles. The van der Waals surface area contributed by atoms with Crippen LogP contribution >= 0.6 is 0 Å². The fourth-order valence-corrected chi connectivity index (χ4v) is 0.872. The van der Waals surface area contributed by atoms with Crippen molar-refractivity contribution in [2.24, 2.45) is 5.84 Å². The molecule has 5 heteroatoms. The standard InChI is InChI=1S/C8H20N4O/c1-7(8(13)10-9)12(4)6-5-11(2)3/h7H,5-6,9H2,1-4H3,(H,10,13). The summed E-state index contributed by atoms with van der Waals surface area (Å²) in [7, 11) is 5.91. The lowest BCUT2D eigenvalue weighted by Gasteiger charge is -2.24. The summed E-state index contributed by atoms with van der Waals surface area (Å²) in [6.07, 6.45) is 0. The molecule has 0 rings (SSSR count). The van der Waals surface area contributed by atoms with Gasteiger partial charge in [-0.15, -0.1) is 0 Å². The summed E-state index contributed by atoms with van der Waals surface area (Å²) >= 11 is 0. The number of rotatable bonds is 5. The minimum atomic E-state index is -0.176. The van der Waals surface area contributed by atoms with Crippen LogP contribution in [0.2, 0.25) is 0 Å². The lowest BCUT2D eigenvalue weighted by molar-refractivity contribution is -0.125. The van der Waals surface area contributed by atoms with Crippen molar-refractivity contribution in [1.29, 1.82) is 0 Å². The van der Waals surface area contributed by atoms with Gasteiger partial charge in [-0.25, -0.2) is 5.84 Å². The van der Waals surface area contributed by atoms with E-state index < -0.39 is 0 Å². The number of carbonyl (C=O) groups excluding carboxylic acids is 1. The fraction of sp³-hybridized carbons (Fsp3) is 0.875. The summed E-state index contributed by atoms with van der Waals surface area (Å²) in [6.45, 7) is 3.61. The number of hydrazine groups is 1. The Balaban J connectivity index is 3.82. The predicted octanol–water partition coefficient (Wildman–Crippen LogP) is -1.14. The Labute approximate surface area is 79.8 Å². The maximum absolute atomic E-state index is 11.1. The number of nitrogens with zero attached hydrogens (tertiary/aromatic N) is 2. The lowest BCUT2D eigenvalue weighted by atomic mass is 10.3. The van der Waals surface area contributed by atoms with Gasteiger partial charge in [-0.3, -0.25) is 15.1 Å². The maximum Gasteiger partial charge on any atom is 0.250 e. The van der Waals surface area contributed by atoms with Gasteiger partial charge in [0.15, 0.2) is 0 Å². The van der Waals surface area contributed by atoms with E-state index in [0.29, 0.717) is 0 Å². The number of hydrogen-bond acceptors (Lipinski definition) is 4. The molecule has 0 aliphatic rings. The topological polar surface area (TPSA) is 61.6 Å². The van der Waals surface area contributed by atoms with Crippen molar-refractivity contribution < 1.29 is 4.79 Å². The normalized spacial score (nSPS) is 13.5. The van der Waals surface area contributed by atoms with E-state index in [-0.39, 0.29) is 11.9 Å². The molecule has 0 fully saturated rings. The number of hydrogen-bond donors (Lipinski definition) is 2. The second-order valence-corrected chi connectivity index (χ2v) is 3.47. The zero-order valence-corrected chi connectivity index (χ0v) is 8.87. The summed E-state index contributed by atoms with van der Waals surface area (Å²) in [5, 5.41) is 0.